The van der Waals surface area contributed by atoms with Crippen LogP contribution < -0.4 is 9.47 Å². The van der Waals surface area contributed by atoms with Crippen LogP contribution in [0.25, 0.3) is 0 Å². The van der Waals surface area contributed by atoms with Crippen LogP contribution in [0.15, 0.2) is 12.1 Å². The van der Waals surface area contributed by atoms with Crippen molar-refractivity contribution < 1.29 is 14.3 Å². The van der Waals surface area contributed by atoms with E-state index in [1.54, 1.807) is 24.0 Å². The smallest absolute Gasteiger partial charge is 0.267 e. The first-order valence-electron chi connectivity index (χ1n) is 6.80. The van der Waals surface area contributed by atoms with Crippen LogP contribution >= 0.6 is 11.5 Å². The minimum absolute atomic E-state index is 0.0422. The third-order valence-electron chi connectivity index (χ3n) is 3.39. The van der Waals surface area contributed by atoms with Gasteiger partial charge in [-0.2, -0.15) is 0 Å². The van der Waals surface area contributed by atoms with Crippen molar-refractivity contribution in [1.82, 2.24) is 24.7 Å². The Morgan fingerprint density at radius 3 is 2.73 bits per heavy atom. The molecule has 0 aromatic carbocycles. The summed E-state index contributed by atoms with van der Waals surface area (Å²) in [4.78, 5) is 14.7. The molecule has 0 bridgehead atoms. The normalized spacial score (nSPS) is 17.5. The van der Waals surface area contributed by atoms with Crippen LogP contribution in [0, 0.1) is 6.92 Å². The lowest BCUT2D eigenvalue weighted by Gasteiger charge is -2.16. The fourth-order valence-corrected chi connectivity index (χ4v) is 2.86. The van der Waals surface area contributed by atoms with E-state index < -0.39 is 0 Å². The van der Waals surface area contributed by atoms with Crippen LogP contribution in [-0.2, 0) is 0 Å². The molecule has 3 heterocycles. The molecule has 0 spiro atoms. The van der Waals surface area contributed by atoms with Crippen molar-refractivity contribution in [2.75, 3.05) is 20.2 Å². The second-order valence-electron chi connectivity index (χ2n) is 4.88. The standard InChI is InChI=1S/C13H15N5O3S/c1-8-12(22-17-14-8)13(19)18-6-5-9(7-18)21-11-4-3-10(20-2)15-16-11/h3-4,9H,5-7H2,1-2H3/t9-/m0/s1. The topological polar surface area (TPSA) is 90.3 Å². The fraction of sp³-hybridized carbons (Fsp3) is 0.462. The van der Waals surface area contributed by atoms with Gasteiger partial charge < -0.3 is 14.4 Å². The number of amides is 1. The van der Waals surface area contributed by atoms with Crippen LogP contribution in [0.4, 0.5) is 0 Å². The highest BCUT2D eigenvalue weighted by atomic mass is 32.1. The molecule has 116 valence electrons. The maximum Gasteiger partial charge on any atom is 0.267 e. The van der Waals surface area contributed by atoms with Crippen LogP contribution in [0.5, 0.6) is 11.8 Å². The highest BCUT2D eigenvalue weighted by Crippen LogP contribution is 2.21. The first-order valence-corrected chi connectivity index (χ1v) is 7.57. The second kappa shape index (κ2) is 6.22. The van der Waals surface area contributed by atoms with E-state index in [0.717, 1.165) is 18.0 Å². The van der Waals surface area contributed by atoms with Gasteiger partial charge >= 0.3 is 0 Å². The van der Waals surface area contributed by atoms with Gasteiger partial charge in [0.1, 0.15) is 11.0 Å². The Morgan fingerprint density at radius 1 is 1.32 bits per heavy atom. The molecular formula is C13H15N5O3S. The van der Waals surface area contributed by atoms with Crippen LogP contribution in [0.2, 0.25) is 0 Å². The van der Waals surface area contributed by atoms with Crippen LogP contribution in [0.1, 0.15) is 21.8 Å². The quantitative estimate of drug-likeness (QED) is 0.827. The van der Waals surface area contributed by atoms with Crippen molar-refractivity contribution in [3.05, 3.63) is 22.7 Å². The number of nitrogens with zero attached hydrogens (tertiary/aromatic N) is 5. The number of aryl methyl sites for hydroxylation is 1. The summed E-state index contributed by atoms with van der Waals surface area (Å²) >= 11 is 1.12. The van der Waals surface area contributed by atoms with Crippen LogP contribution in [0.3, 0.4) is 0 Å². The molecular weight excluding hydrogens is 306 g/mol. The molecule has 0 radical (unpaired) electrons. The number of carbonyl (C=O) groups is 1. The predicted molar refractivity (Wildman–Crippen MR) is 78.2 cm³/mol. The van der Waals surface area contributed by atoms with Gasteiger partial charge in [-0.1, -0.05) is 4.49 Å². The maximum atomic E-state index is 12.4. The first kappa shape index (κ1) is 14.6. The molecule has 0 unspecified atom stereocenters. The number of aromatic nitrogens is 4. The van der Waals surface area contributed by atoms with Gasteiger partial charge in [0.2, 0.25) is 11.8 Å². The Bertz CT molecular complexity index is 660. The lowest BCUT2D eigenvalue weighted by atomic mass is 10.3. The summed E-state index contributed by atoms with van der Waals surface area (Å²) in [7, 11) is 1.53. The minimum Gasteiger partial charge on any atom is -0.480 e. The fourth-order valence-electron chi connectivity index (χ4n) is 2.23. The van der Waals surface area contributed by atoms with Gasteiger partial charge in [0.15, 0.2) is 0 Å². The van der Waals surface area contributed by atoms with Crippen molar-refractivity contribution in [2.45, 2.75) is 19.4 Å². The first-order chi connectivity index (χ1) is 10.7. The number of carbonyl (C=O) groups excluding carboxylic acids is 1. The van der Waals surface area contributed by atoms with Gasteiger partial charge in [-0.15, -0.1) is 15.3 Å². The average Bonchev–Trinajstić information content (AvgIpc) is 3.16. The molecule has 8 nitrogen and oxygen atoms in total. The molecule has 0 aliphatic carbocycles. The van der Waals surface area contributed by atoms with Gasteiger partial charge in [-0.3, -0.25) is 4.79 Å². The molecule has 1 aliphatic heterocycles. The monoisotopic (exact) mass is 321 g/mol. The summed E-state index contributed by atoms with van der Waals surface area (Å²) in [5.74, 6) is 0.818. The highest BCUT2D eigenvalue weighted by Gasteiger charge is 2.30. The predicted octanol–water partition coefficient (Wildman–Crippen LogP) is 0.939. The van der Waals surface area contributed by atoms with E-state index in [9.17, 15) is 4.79 Å². The number of methoxy groups -OCH3 is 1. The second-order valence-corrected chi connectivity index (χ2v) is 5.64. The molecule has 0 saturated carbocycles. The Labute approximate surface area is 131 Å². The van der Waals surface area contributed by atoms with Crippen LogP contribution in [-0.4, -0.2) is 56.9 Å². The number of rotatable bonds is 4. The Morgan fingerprint density at radius 2 is 2.09 bits per heavy atom. The number of hydrogen-bond donors (Lipinski definition) is 0. The molecule has 0 N–H and O–H groups in total. The molecule has 22 heavy (non-hydrogen) atoms. The van der Waals surface area contributed by atoms with Gasteiger partial charge in [0, 0.05) is 25.1 Å². The van der Waals surface area contributed by atoms with Crippen molar-refractivity contribution in [1.29, 1.82) is 0 Å². The lowest BCUT2D eigenvalue weighted by molar-refractivity contribution is 0.0774. The third kappa shape index (κ3) is 2.98. The Hall–Kier alpha value is -2.29. The molecule has 1 saturated heterocycles. The number of ether oxygens (including phenoxy) is 2. The molecule has 1 amide bonds. The summed E-state index contributed by atoms with van der Waals surface area (Å²) < 4.78 is 14.5. The Kier molecular flexibility index (Phi) is 4.14. The highest BCUT2D eigenvalue weighted by molar-refractivity contribution is 7.07. The van der Waals surface area contributed by atoms with Gasteiger partial charge in [0.25, 0.3) is 5.91 Å². The lowest BCUT2D eigenvalue weighted by Crippen LogP contribution is -2.30. The number of hydrogen-bond acceptors (Lipinski definition) is 8. The third-order valence-corrected chi connectivity index (χ3v) is 4.21. The molecule has 1 atom stereocenters. The van der Waals surface area contributed by atoms with E-state index in [0.29, 0.717) is 35.4 Å². The van der Waals surface area contributed by atoms with Crippen molar-refractivity contribution >= 4 is 17.4 Å². The zero-order valence-corrected chi connectivity index (χ0v) is 13.0. The summed E-state index contributed by atoms with van der Waals surface area (Å²) in [6.45, 7) is 2.95. The van der Waals surface area contributed by atoms with Crippen molar-refractivity contribution in [3.8, 4) is 11.8 Å². The van der Waals surface area contributed by atoms with E-state index in [4.69, 9.17) is 9.47 Å². The Balaban J connectivity index is 1.60. The minimum atomic E-state index is -0.0900. The molecule has 2 aromatic heterocycles. The molecule has 2 aromatic rings. The molecule has 1 fully saturated rings. The van der Waals surface area contributed by atoms with Gasteiger partial charge in [-0.25, -0.2) is 0 Å². The average molecular weight is 321 g/mol. The van der Waals surface area contributed by atoms with E-state index in [1.807, 2.05) is 0 Å². The summed E-state index contributed by atoms with van der Waals surface area (Å²) in [6, 6.07) is 3.39. The van der Waals surface area contributed by atoms with Gasteiger partial charge in [0.05, 0.1) is 19.3 Å². The van der Waals surface area contributed by atoms with E-state index in [-0.39, 0.29) is 12.0 Å². The summed E-state index contributed by atoms with van der Waals surface area (Å²) in [6.07, 6.45) is 0.665. The van der Waals surface area contributed by atoms with Crippen molar-refractivity contribution in [3.63, 3.8) is 0 Å². The largest absolute Gasteiger partial charge is 0.480 e. The number of likely N-dealkylation sites (tertiary alicyclic amines) is 1. The van der Waals surface area contributed by atoms with E-state index >= 15 is 0 Å². The molecule has 1 aliphatic rings. The summed E-state index contributed by atoms with van der Waals surface area (Å²) in [5.41, 5.74) is 0.667. The van der Waals surface area contributed by atoms with E-state index in [2.05, 4.69) is 19.8 Å². The molecule has 9 heteroatoms. The maximum absolute atomic E-state index is 12.4. The van der Waals surface area contributed by atoms with Crippen molar-refractivity contribution in [2.24, 2.45) is 0 Å². The van der Waals surface area contributed by atoms with E-state index in [1.165, 1.54) is 7.11 Å². The van der Waals surface area contributed by atoms with Gasteiger partial charge in [-0.05, 0) is 18.5 Å². The summed E-state index contributed by atoms with van der Waals surface area (Å²) in [5, 5.41) is 11.7. The zero-order valence-electron chi connectivity index (χ0n) is 12.2. The SMILES string of the molecule is COc1ccc(O[C@H]2CCN(C(=O)c3snnc3C)C2)nn1. The molecule has 3 rings (SSSR count). The zero-order chi connectivity index (χ0) is 15.5.